The van der Waals surface area contributed by atoms with Gasteiger partial charge in [0.2, 0.25) is 0 Å². The zero-order valence-electron chi connectivity index (χ0n) is 12.6. The van der Waals surface area contributed by atoms with Gasteiger partial charge in [-0.1, -0.05) is 28.4 Å². The Morgan fingerprint density at radius 1 is 1.33 bits per heavy atom. The van der Waals surface area contributed by atoms with Crippen molar-refractivity contribution in [3.8, 4) is 0 Å². The van der Waals surface area contributed by atoms with Crippen LogP contribution in [-0.2, 0) is 0 Å². The van der Waals surface area contributed by atoms with E-state index in [4.69, 9.17) is 0 Å². The van der Waals surface area contributed by atoms with Crippen LogP contribution in [0.25, 0.3) is 0 Å². The van der Waals surface area contributed by atoms with Crippen molar-refractivity contribution in [2.75, 3.05) is 13.1 Å². The summed E-state index contributed by atoms with van der Waals surface area (Å²) in [5.74, 6) is 0.198. The molecular weight excluding hydrogens is 328 g/mol. The van der Waals surface area contributed by atoms with Crippen LogP contribution < -0.4 is 5.32 Å². The van der Waals surface area contributed by atoms with E-state index in [2.05, 4.69) is 26.1 Å². The molecule has 4 heteroatoms. The first-order valence-corrected chi connectivity index (χ1v) is 8.75. The lowest BCUT2D eigenvalue weighted by Crippen LogP contribution is -2.46. The van der Waals surface area contributed by atoms with Crippen molar-refractivity contribution < 1.29 is 4.79 Å². The standard InChI is InChI=1S/C17H23BrN2O/c1-12-5-6-13(18)10-16(12)17(21)20(15-7-8-15)11-14-4-2-3-9-19-14/h5-6,10,14-15,19H,2-4,7-9,11H2,1H3. The van der Waals surface area contributed by atoms with Crippen molar-refractivity contribution in [1.82, 2.24) is 10.2 Å². The number of nitrogens with zero attached hydrogens (tertiary/aromatic N) is 1. The van der Waals surface area contributed by atoms with E-state index in [0.29, 0.717) is 12.1 Å². The average molecular weight is 351 g/mol. The second-order valence-electron chi connectivity index (χ2n) is 6.29. The van der Waals surface area contributed by atoms with E-state index in [1.54, 1.807) is 0 Å². The topological polar surface area (TPSA) is 32.3 Å². The summed E-state index contributed by atoms with van der Waals surface area (Å²) >= 11 is 3.48. The Kier molecular flexibility index (Phi) is 4.65. The van der Waals surface area contributed by atoms with Crippen LogP contribution in [0.5, 0.6) is 0 Å². The van der Waals surface area contributed by atoms with E-state index in [9.17, 15) is 4.79 Å². The van der Waals surface area contributed by atoms with Crippen molar-refractivity contribution in [2.45, 2.75) is 51.1 Å². The predicted molar refractivity (Wildman–Crippen MR) is 88.6 cm³/mol. The van der Waals surface area contributed by atoms with Crippen molar-refractivity contribution in [1.29, 1.82) is 0 Å². The van der Waals surface area contributed by atoms with Gasteiger partial charge in [0.05, 0.1) is 0 Å². The molecule has 1 atom stereocenters. The summed E-state index contributed by atoms with van der Waals surface area (Å²) in [4.78, 5) is 15.1. The first-order chi connectivity index (χ1) is 10.1. The average Bonchev–Trinajstić information content (AvgIpc) is 3.32. The van der Waals surface area contributed by atoms with Crippen molar-refractivity contribution in [2.24, 2.45) is 0 Å². The Morgan fingerprint density at radius 3 is 2.81 bits per heavy atom. The van der Waals surface area contributed by atoms with Gasteiger partial charge < -0.3 is 10.2 Å². The minimum atomic E-state index is 0.198. The van der Waals surface area contributed by atoms with Crippen LogP contribution in [0.4, 0.5) is 0 Å². The van der Waals surface area contributed by atoms with E-state index >= 15 is 0 Å². The number of hydrogen-bond acceptors (Lipinski definition) is 2. The third-order valence-corrected chi connectivity index (χ3v) is 5.00. The lowest BCUT2D eigenvalue weighted by Gasteiger charge is -2.31. The molecular formula is C17H23BrN2O. The summed E-state index contributed by atoms with van der Waals surface area (Å²) in [5.41, 5.74) is 1.90. The molecule has 0 spiro atoms. The van der Waals surface area contributed by atoms with Gasteiger partial charge >= 0.3 is 0 Å². The minimum absolute atomic E-state index is 0.198. The maximum absolute atomic E-state index is 13.0. The van der Waals surface area contributed by atoms with Crippen LogP contribution >= 0.6 is 15.9 Å². The fourth-order valence-electron chi connectivity index (χ4n) is 3.08. The molecule has 1 unspecified atom stereocenters. The zero-order chi connectivity index (χ0) is 14.8. The second-order valence-corrected chi connectivity index (χ2v) is 7.21. The first kappa shape index (κ1) is 15.0. The molecule has 1 heterocycles. The van der Waals surface area contributed by atoms with Gasteiger partial charge in [0.15, 0.2) is 0 Å². The largest absolute Gasteiger partial charge is 0.334 e. The monoisotopic (exact) mass is 350 g/mol. The smallest absolute Gasteiger partial charge is 0.254 e. The molecule has 1 aliphatic heterocycles. The third kappa shape index (κ3) is 3.67. The van der Waals surface area contributed by atoms with Crippen LogP contribution in [0.3, 0.4) is 0 Å². The zero-order valence-corrected chi connectivity index (χ0v) is 14.2. The number of nitrogens with one attached hydrogen (secondary N) is 1. The van der Waals surface area contributed by atoms with E-state index in [0.717, 1.165) is 41.5 Å². The highest BCUT2D eigenvalue weighted by molar-refractivity contribution is 9.10. The van der Waals surface area contributed by atoms with Crippen LogP contribution in [0.15, 0.2) is 22.7 Å². The molecule has 2 fully saturated rings. The fraction of sp³-hybridized carbons (Fsp3) is 0.588. The summed E-state index contributed by atoms with van der Waals surface area (Å²) in [5, 5.41) is 3.56. The van der Waals surface area contributed by atoms with E-state index in [1.807, 2.05) is 25.1 Å². The highest BCUT2D eigenvalue weighted by Crippen LogP contribution is 2.30. The molecule has 1 aromatic carbocycles. The Hall–Kier alpha value is -0.870. The molecule has 21 heavy (non-hydrogen) atoms. The van der Waals surface area contributed by atoms with Crippen molar-refractivity contribution in [3.63, 3.8) is 0 Å². The third-order valence-electron chi connectivity index (χ3n) is 4.51. The number of aryl methyl sites for hydroxylation is 1. The molecule has 0 aromatic heterocycles. The lowest BCUT2D eigenvalue weighted by molar-refractivity contribution is 0.0717. The number of halogens is 1. The van der Waals surface area contributed by atoms with Gasteiger partial charge in [-0.05, 0) is 56.8 Å². The fourth-order valence-corrected chi connectivity index (χ4v) is 3.44. The van der Waals surface area contributed by atoms with E-state index in [1.165, 1.54) is 19.3 Å². The quantitative estimate of drug-likeness (QED) is 0.901. The number of amides is 1. The SMILES string of the molecule is Cc1ccc(Br)cc1C(=O)N(CC1CCCCN1)C1CC1. The highest BCUT2D eigenvalue weighted by Gasteiger charge is 2.35. The molecule has 0 bridgehead atoms. The molecule has 3 nitrogen and oxygen atoms in total. The maximum Gasteiger partial charge on any atom is 0.254 e. The minimum Gasteiger partial charge on any atom is -0.334 e. The number of rotatable bonds is 4. The van der Waals surface area contributed by atoms with E-state index in [-0.39, 0.29) is 5.91 Å². The Bertz CT molecular complexity index is 522. The molecule has 1 saturated carbocycles. The maximum atomic E-state index is 13.0. The van der Waals surface area contributed by atoms with Crippen LogP contribution in [-0.4, -0.2) is 36.0 Å². The molecule has 1 saturated heterocycles. The summed E-state index contributed by atoms with van der Waals surface area (Å²) in [6.45, 7) is 3.96. The molecule has 1 amide bonds. The first-order valence-electron chi connectivity index (χ1n) is 7.95. The molecule has 114 valence electrons. The van der Waals surface area contributed by atoms with Crippen molar-refractivity contribution in [3.05, 3.63) is 33.8 Å². The highest BCUT2D eigenvalue weighted by atomic mass is 79.9. The summed E-state index contributed by atoms with van der Waals surface area (Å²) in [7, 11) is 0. The number of carbonyl (C=O) groups is 1. The Labute approximate surface area is 135 Å². The number of benzene rings is 1. The van der Waals surface area contributed by atoms with Crippen LogP contribution in [0.2, 0.25) is 0 Å². The van der Waals surface area contributed by atoms with Gasteiger partial charge in [-0.3, -0.25) is 4.79 Å². The van der Waals surface area contributed by atoms with Crippen LogP contribution in [0, 0.1) is 6.92 Å². The van der Waals surface area contributed by atoms with Crippen LogP contribution in [0.1, 0.15) is 48.0 Å². The molecule has 2 aliphatic rings. The van der Waals surface area contributed by atoms with Gasteiger partial charge in [0.25, 0.3) is 5.91 Å². The van der Waals surface area contributed by atoms with Crippen molar-refractivity contribution >= 4 is 21.8 Å². The summed E-state index contributed by atoms with van der Waals surface area (Å²) < 4.78 is 0.975. The van der Waals surface area contributed by atoms with Gasteiger partial charge in [0.1, 0.15) is 0 Å². The van der Waals surface area contributed by atoms with Gasteiger partial charge in [0, 0.05) is 28.7 Å². The number of carbonyl (C=O) groups excluding carboxylic acids is 1. The molecule has 0 radical (unpaired) electrons. The van der Waals surface area contributed by atoms with Gasteiger partial charge in [-0.25, -0.2) is 0 Å². The molecule has 1 N–H and O–H groups in total. The summed E-state index contributed by atoms with van der Waals surface area (Å²) in [6.07, 6.45) is 6.05. The second kappa shape index (κ2) is 6.49. The Balaban J connectivity index is 1.76. The molecule has 3 rings (SSSR count). The van der Waals surface area contributed by atoms with E-state index < -0.39 is 0 Å². The normalized spacial score (nSPS) is 22.1. The molecule has 1 aliphatic carbocycles. The Morgan fingerprint density at radius 2 is 2.14 bits per heavy atom. The lowest BCUT2D eigenvalue weighted by atomic mass is 10.0. The number of hydrogen-bond donors (Lipinski definition) is 1. The van der Waals surface area contributed by atoms with Gasteiger partial charge in [-0.2, -0.15) is 0 Å². The molecule has 1 aromatic rings. The van der Waals surface area contributed by atoms with Gasteiger partial charge in [-0.15, -0.1) is 0 Å². The number of piperidine rings is 1. The summed E-state index contributed by atoms with van der Waals surface area (Å²) in [6, 6.07) is 6.90. The predicted octanol–water partition coefficient (Wildman–Crippen LogP) is 3.50.